The van der Waals surface area contributed by atoms with Crippen molar-refractivity contribution in [3.05, 3.63) is 93.4 Å². The number of benzene rings is 2. The average molecular weight is 473 g/mol. The number of aromatic nitrogens is 3. The van der Waals surface area contributed by atoms with Crippen molar-refractivity contribution in [1.29, 1.82) is 0 Å². The molecule has 0 saturated heterocycles. The minimum Gasteiger partial charge on any atom is -0.323 e. The third-order valence-electron chi connectivity index (χ3n) is 4.49. The lowest BCUT2D eigenvalue weighted by atomic mass is 10.2. The molecule has 0 bridgehead atoms. The zero-order chi connectivity index (χ0) is 22.7. The van der Waals surface area contributed by atoms with Crippen LogP contribution in [0.5, 0.6) is 0 Å². The smallest absolute Gasteiger partial charge is 0.263 e. The number of nitrogens with one attached hydrogen (secondary N) is 1. The first-order valence-electron chi connectivity index (χ1n) is 9.38. The Morgan fingerprint density at radius 3 is 2.66 bits per heavy atom. The normalized spacial score (nSPS) is 11.0. The maximum Gasteiger partial charge on any atom is 0.263 e. The highest BCUT2D eigenvalue weighted by molar-refractivity contribution is 7.99. The minimum absolute atomic E-state index is 0.00293. The van der Waals surface area contributed by atoms with Gasteiger partial charge in [-0.25, -0.2) is 18.7 Å². The molecule has 1 N–H and O–H groups in total. The van der Waals surface area contributed by atoms with Crippen LogP contribution in [0.1, 0.15) is 5.56 Å². The first-order valence-corrected chi connectivity index (χ1v) is 10.7. The summed E-state index contributed by atoms with van der Waals surface area (Å²) in [7, 11) is 0. The Hall–Kier alpha value is -3.30. The van der Waals surface area contributed by atoms with E-state index in [1.165, 1.54) is 35.0 Å². The van der Waals surface area contributed by atoms with Gasteiger partial charge >= 0.3 is 0 Å². The van der Waals surface area contributed by atoms with E-state index in [0.29, 0.717) is 10.9 Å². The van der Waals surface area contributed by atoms with Crippen LogP contribution in [-0.4, -0.2) is 26.2 Å². The van der Waals surface area contributed by atoms with Crippen LogP contribution < -0.4 is 10.9 Å². The Balaban J connectivity index is 1.61. The van der Waals surface area contributed by atoms with Crippen LogP contribution in [-0.2, 0) is 11.3 Å². The lowest BCUT2D eigenvalue weighted by Gasteiger charge is -2.13. The van der Waals surface area contributed by atoms with E-state index in [9.17, 15) is 18.4 Å². The standard InChI is InChI=1S/C22H15ClF2N4O2S/c23-14-5-8-18(17(25)10-14)27-19(30)12-32-22-28-20-16(2-1-9-26-20)21(31)29(22)11-13-3-6-15(24)7-4-13/h1-10H,11-12H2,(H,27,30). The molecule has 0 atom stereocenters. The van der Waals surface area contributed by atoms with Gasteiger partial charge in [-0.2, -0.15) is 0 Å². The number of hydrogen-bond donors (Lipinski definition) is 1. The number of halogens is 3. The number of hydrogen-bond acceptors (Lipinski definition) is 5. The molecule has 1 amide bonds. The number of rotatable bonds is 6. The van der Waals surface area contributed by atoms with Gasteiger partial charge in [0.15, 0.2) is 10.8 Å². The Morgan fingerprint density at radius 2 is 1.91 bits per heavy atom. The molecule has 32 heavy (non-hydrogen) atoms. The number of thioether (sulfide) groups is 1. The molecule has 0 aliphatic rings. The van der Waals surface area contributed by atoms with Crippen molar-refractivity contribution < 1.29 is 13.6 Å². The van der Waals surface area contributed by atoms with E-state index in [1.54, 1.807) is 24.3 Å². The number of anilines is 1. The number of nitrogens with zero attached hydrogens (tertiary/aromatic N) is 3. The highest BCUT2D eigenvalue weighted by Gasteiger charge is 2.15. The largest absolute Gasteiger partial charge is 0.323 e. The molecule has 162 valence electrons. The molecule has 0 spiro atoms. The molecule has 0 aliphatic heterocycles. The molecule has 2 aromatic heterocycles. The van der Waals surface area contributed by atoms with Crippen molar-refractivity contribution >= 4 is 46.0 Å². The summed E-state index contributed by atoms with van der Waals surface area (Å²) in [6.07, 6.45) is 1.52. The molecule has 0 fully saturated rings. The summed E-state index contributed by atoms with van der Waals surface area (Å²) in [5.41, 5.74) is 0.600. The van der Waals surface area contributed by atoms with Gasteiger partial charge in [0.25, 0.3) is 5.56 Å². The van der Waals surface area contributed by atoms with Crippen molar-refractivity contribution in [3.63, 3.8) is 0 Å². The predicted octanol–water partition coefficient (Wildman–Crippen LogP) is 4.50. The molecule has 4 aromatic rings. The van der Waals surface area contributed by atoms with Gasteiger partial charge in [0.05, 0.1) is 23.4 Å². The average Bonchev–Trinajstić information content (AvgIpc) is 2.78. The second-order valence-electron chi connectivity index (χ2n) is 6.75. The number of carbonyl (C=O) groups is 1. The van der Waals surface area contributed by atoms with Crippen LogP contribution in [0.15, 0.2) is 70.7 Å². The number of fused-ring (bicyclic) bond motifs is 1. The Bertz CT molecular complexity index is 1360. The van der Waals surface area contributed by atoms with Crippen LogP contribution in [0.2, 0.25) is 5.02 Å². The second-order valence-corrected chi connectivity index (χ2v) is 8.13. The van der Waals surface area contributed by atoms with Crippen LogP contribution >= 0.6 is 23.4 Å². The Kier molecular flexibility index (Phi) is 6.48. The van der Waals surface area contributed by atoms with Crippen molar-refractivity contribution in [1.82, 2.24) is 14.5 Å². The first-order chi connectivity index (χ1) is 15.4. The van der Waals surface area contributed by atoms with Crippen LogP contribution in [0, 0.1) is 11.6 Å². The number of carbonyl (C=O) groups excluding carboxylic acids is 1. The fourth-order valence-corrected chi connectivity index (χ4v) is 3.91. The SMILES string of the molecule is O=C(CSc1nc2ncccc2c(=O)n1Cc1ccc(F)cc1)Nc1ccc(Cl)cc1F. The van der Waals surface area contributed by atoms with Gasteiger partial charge in [0, 0.05) is 11.2 Å². The summed E-state index contributed by atoms with van der Waals surface area (Å²) in [6, 6.07) is 12.9. The molecule has 0 saturated carbocycles. The lowest BCUT2D eigenvalue weighted by molar-refractivity contribution is -0.113. The first kappa shape index (κ1) is 21.9. The maximum absolute atomic E-state index is 13.9. The van der Waals surface area contributed by atoms with Gasteiger partial charge in [-0.15, -0.1) is 0 Å². The molecule has 0 unspecified atom stereocenters. The zero-order valence-corrected chi connectivity index (χ0v) is 18.0. The quantitative estimate of drug-likeness (QED) is 0.330. The van der Waals surface area contributed by atoms with Gasteiger partial charge in [-0.3, -0.25) is 14.2 Å². The minimum atomic E-state index is -0.655. The highest BCUT2D eigenvalue weighted by Crippen LogP contribution is 2.21. The molecule has 4 rings (SSSR count). The molecule has 2 heterocycles. The number of pyridine rings is 1. The van der Waals surface area contributed by atoms with E-state index in [0.717, 1.165) is 17.8 Å². The molecule has 0 radical (unpaired) electrons. The van der Waals surface area contributed by atoms with Gasteiger partial charge in [0.2, 0.25) is 5.91 Å². The van der Waals surface area contributed by atoms with Crippen molar-refractivity contribution in [2.75, 3.05) is 11.1 Å². The van der Waals surface area contributed by atoms with E-state index in [-0.39, 0.29) is 45.2 Å². The van der Waals surface area contributed by atoms with Crippen LogP contribution in [0.4, 0.5) is 14.5 Å². The van der Waals surface area contributed by atoms with Gasteiger partial charge in [-0.1, -0.05) is 35.5 Å². The van der Waals surface area contributed by atoms with E-state index < -0.39 is 11.7 Å². The third kappa shape index (κ3) is 4.95. The Morgan fingerprint density at radius 1 is 1.12 bits per heavy atom. The van der Waals surface area contributed by atoms with Crippen LogP contribution in [0.25, 0.3) is 11.0 Å². The van der Waals surface area contributed by atoms with E-state index >= 15 is 0 Å². The fraction of sp³-hybridized carbons (Fsp3) is 0.0909. The molecular weight excluding hydrogens is 458 g/mol. The molecule has 2 aromatic carbocycles. The lowest BCUT2D eigenvalue weighted by Crippen LogP contribution is -2.25. The summed E-state index contributed by atoms with van der Waals surface area (Å²) in [4.78, 5) is 34.0. The summed E-state index contributed by atoms with van der Waals surface area (Å²) in [5.74, 6) is -1.66. The van der Waals surface area contributed by atoms with Gasteiger partial charge in [0.1, 0.15) is 11.6 Å². The summed E-state index contributed by atoms with van der Waals surface area (Å²) < 4.78 is 28.6. The monoisotopic (exact) mass is 472 g/mol. The molecule has 0 aliphatic carbocycles. The maximum atomic E-state index is 13.9. The van der Waals surface area contributed by atoms with Gasteiger partial charge < -0.3 is 5.32 Å². The highest BCUT2D eigenvalue weighted by atomic mass is 35.5. The van der Waals surface area contributed by atoms with Gasteiger partial charge in [-0.05, 0) is 48.0 Å². The third-order valence-corrected chi connectivity index (χ3v) is 5.70. The molecular formula is C22H15ClF2N4O2S. The fourth-order valence-electron chi connectivity index (χ4n) is 2.97. The van der Waals surface area contributed by atoms with Crippen molar-refractivity contribution in [2.24, 2.45) is 0 Å². The molecule has 10 heteroatoms. The summed E-state index contributed by atoms with van der Waals surface area (Å²) in [6.45, 7) is 0.132. The predicted molar refractivity (Wildman–Crippen MR) is 120 cm³/mol. The zero-order valence-electron chi connectivity index (χ0n) is 16.4. The number of amides is 1. The van der Waals surface area contributed by atoms with Crippen molar-refractivity contribution in [3.8, 4) is 0 Å². The van der Waals surface area contributed by atoms with E-state index in [1.807, 2.05) is 0 Å². The summed E-state index contributed by atoms with van der Waals surface area (Å²) >= 11 is 6.74. The Labute approximate surface area is 190 Å². The van der Waals surface area contributed by atoms with E-state index in [4.69, 9.17) is 11.6 Å². The van der Waals surface area contributed by atoms with E-state index in [2.05, 4.69) is 15.3 Å². The van der Waals surface area contributed by atoms with Crippen LogP contribution in [0.3, 0.4) is 0 Å². The molecule has 6 nitrogen and oxygen atoms in total. The summed E-state index contributed by atoms with van der Waals surface area (Å²) in [5, 5.41) is 3.27. The second kappa shape index (κ2) is 9.46. The van der Waals surface area contributed by atoms with Crippen molar-refractivity contribution in [2.45, 2.75) is 11.7 Å². The topological polar surface area (TPSA) is 76.9 Å².